The van der Waals surface area contributed by atoms with Crippen molar-refractivity contribution in [3.63, 3.8) is 0 Å². The Balaban J connectivity index is 1.65. The van der Waals surface area contributed by atoms with Gasteiger partial charge in [0.1, 0.15) is 4.83 Å². The van der Waals surface area contributed by atoms with Crippen molar-refractivity contribution in [3.05, 3.63) is 64.8 Å². The number of hydrogen-bond acceptors (Lipinski definition) is 5. The summed E-state index contributed by atoms with van der Waals surface area (Å²) in [6.45, 7) is 0. The molecule has 22 heavy (non-hydrogen) atoms. The van der Waals surface area contributed by atoms with E-state index in [0.29, 0.717) is 15.5 Å². The minimum absolute atomic E-state index is 0.235. The van der Waals surface area contributed by atoms with E-state index >= 15 is 0 Å². The number of hydrogen-bond donors (Lipinski definition) is 0. The van der Waals surface area contributed by atoms with Crippen LogP contribution in [0, 0.1) is 0 Å². The molecule has 1 aliphatic heterocycles. The third-order valence-corrected chi connectivity index (χ3v) is 4.33. The number of hydroxylamine groups is 2. The van der Waals surface area contributed by atoms with E-state index in [2.05, 4.69) is 0 Å². The van der Waals surface area contributed by atoms with Gasteiger partial charge >= 0.3 is 5.97 Å². The van der Waals surface area contributed by atoms with Gasteiger partial charge in [-0.05, 0) is 18.2 Å². The van der Waals surface area contributed by atoms with Gasteiger partial charge in [0, 0.05) is 17.8 Å². The van der Waals surface area contributed by atoms with Crippen LogP contribution < -0.4 is 0 Å². The number of nitrogens with zero attached hydrogens (tertiary/aromatic N) is 2. The van der Waals surface area contributed by atoms with E-state index in [4.69, 9.17) is 4.84 Å². The predicted molar refractivity (Wildman–Crippen MR) is 77.6 cm³/mol. The Bertz CT molecular complexity index is 905. The number of benzene rings is 1. The molecule has 0 fully saturated rings. The number of carbonyl (C=O) groups excluding carboxylic acids is 3. The van der Waals surface area contributed by atoms with E-state index in [1.54, 1.807) is 35.0 Å². The van der Waals surface area contributed by atoms with Gasteiger partial charge < -0.3 is 9.24 Å². The van der Waals surface area contributed by atoms with Crippen LogP contribution in [-0.2, 0) is 4.84 Å². The van der Waals surface area contributed by atoms with Gasteiger partial charge in [-0.3, -0.25) is 9.59 Å². The molecule has 0 atom stereocenters. The summed E-state index contributed by atoms with van der Waals surface area (Å²) in [6, 6.07) is 7.95. The molecule has 0 saturated carbocycles. The Labute approximate surface area is 128 Å². The normalized spacial score (nSPS) is 13.7. The maximum atomic E-state index is 12.2. The minimum Gasteiger partial charge on any atom is -0.324 e. The molecule has 6 nitrogen and oxygen atoms in total. The second-order valence-electron chi connectivity index (χ2n) is 4.67. The standard InChI is InChI=1S/C15H8N2O4S/c18-12-9-3-1-2-4-10(9)13(19)17(12)21-15(20)11-5-6-16-7-8-22-14(11)16/h1-8H. The van der Waals surface area contributed by atoms with Crippen molar-refractivity contribution in [2.45, 2.75) is 0 Å². The van der Waals surface area contributed by atoms with Crippen LogP contribution in [-0.4, -0.2) is 27.2 Å². The topological polar surface area (TPSA) is 68.1 Å². The molecule has 1 aromatic carbocycles. The first-order chi connectivity index (χ1) is 10.7. The molecule has 108 valence electrons. The van der Waals surface area contributed by atoms with Crippen LogP contribution in [0.25, 0.3) is 4.83 Å². The Kier molecular flexibility index (Phi) is 2.64. The summed E-state index contributed by atoms with van der Waals surface area (Å²) in [5, 5.41) is 2.35. The summed E-state index contributed by atoms with van der Waals surface area (Å²) in [4.78, 5) is 42.3. The van der Waals surface area contributed by atoms with E-state index in [9.17, 15) is 14.4 Å². The molecule has 0 aliphatic carbocycles. The molecular weight excluding hydrogens is 304 g/mol. The first-order valence-electron chi connectivity index (χ1n) is 6.41. The molecule has 3 heterocycles. The lowest BCUT2D eigenvalue weighted by Gasteiger charge is -2.11. The molecule has 3 aromatic rings. The van der Waals surface area contributed by atoms with Gasteiger partial charge in [0.15, 0.2) is 0 Å². The van der Waals surface area contributed by atoms with E-state index in [1.807, 2.05) is 5.38 Å². The van der Waals surface area contributed by atoms with Crippen molar-refractivity contribution in [1.82, 2.24) is 9.46 Å². The highest BCUT2D eigenvalue weighted by atomic mass is 32.1. The van der Waals surface area contributed by atoms with Crippen molar-refractivity contribution >= 4 is 34.0 Å². The average Bonchev–Trinajstić information content (AvgIpc) is 3.18. The molecule has 7 heteroatoms. The Hall–Kier alpha value is -2.93. The molecule has 2 amide bonds. The van der Waals surface area contributed by atoms with Gasteiger partial charge in [-0.15, -0.1) is 11.3 Å². The molecule has 4 rings (SSSR count). The largest absolute Gasteiger partial charge is 0.366 e. The van der Waals surface area contributed by atoms with Gasteiger partial charge in [-0.1, -0.05) is 17.2 Å². The van der Waals surface area contributed by atoms with Crippen LogP contribution >= 0.6 is 11.3 Å². The Morgan fingerprint density at radius 2 is 1.68 bits per heavy atom. The summed E-state index contributed by atoms with van der Waals surface area (Å²) < 4.78 is 1.77. The third kappa shape index (κ3) is 1.69. The number of thiazole rings is 1. The zero-order chi connectivity index (χ0) is 15.3. The highest BCUT2D eigenvalue weighted by Crippen LogP contribution is 2.25. The van der Waals surface area contributed by atoms with E-state index in [-0.39, 0.29) is 11.1 Å². The molecule has 0 spiro atoms. The van der Waals surface area contributed by atoms with Crippen LogP contribution in [0.4, 0.5) is 0 Å². The highest BCUT2D eigenvalue weighted by Gasteiger charge is 2.39. The fourth-order valence-electron chi connectivity index (χ4n) is 2.37. The molecule has 0 saturated heterocycles. The van der Waals surface area contributed by atoms with Gasteiger partial charge in [-0.2, -0.15) is 0 Å². The molecule has 0 bridgehead atoms. The van der Waals surface area contributed by atoms with Crippen LogP contribution in [0.1, 0.15) is 31.1 Å². The number of carbonyl (C=O) groups is 3. The summed E-state index contributed by atoms with van der Waals surface area (Å²) in [7, 11) is 0. The predicted octanol–water partition coefficient (Wildman–Crippen LogP) is 2.37. The Morgan fingerprint density at radius 3 is 2.36 bits per heavy atom. The van der Waals surface area contributed by atoms with Gasteiger partial charge in [-0.25, -0.2) is 4.79 Å². The molecule has 2 aromatic heterocycles. The molecule has 0 radical (unpaired) electrons. The zero-order valence-corrected chi connectivity index (χ0v) is 11.9. The number of imide groups is 1. The summed E-state index contributed by atoms with van der Waals surface area (Å²) in [5.74, 6) is -1.99. The SMILES string of the molecule is O=C(ON1C(=O)c2ccccc2C1=O)c1ccn2ccsc12. The quantitative estimate of drug-likeness (QED) is 0.681. The maximum absolute atomic E-state index is 12.2. The maximum Gasteiger partial charge on any atom is 0.366 e. The van der Waals surface area contributed by atoms with Crippen LogP contribution in [0.15, 0.2) is 48.1 Å². The van der Waals surface area contributed by atoms with Crippen LogP contribution in [0.5, 0.6) is 0 Å². The first kappa shape index (κ1) is 12.8. The lowest BCUT2D eigenvalue weighted by atomic mass is 10.1. The van der Waals surface area contributed by atoms with E-state index < -0.39 is 17.8 Å². The number of aromatic nitrogens is 1. The minimum atomic E-state index is -0.737. The monoisotopic (exact) mass is 312 g/mol. The van der Waals surface area contributed by atoms with Crippen molar-refractivity contribution in [2.24, 2.45) is 0 Å². The van der Waals surface area contributed by atoms with Gasteiger partial charge in [0.05, 0.1) is 16.7 Å². The second-order valence-corrected chi connectivity index (χ2v) is 5.57. The number of fused-ring (bicyclic) bond motifs is 2. The third-order valence-electron chi connectivity index (χ3n) is 3.42. The fourth-order valence-corrected chi connectivity index (χ4v) is 3.22. The lowest BCUT2D eigenvalue weighted by Crippen LogP contribution is -2.32. The van der Waals surface area contributed by atoms with E-state index in [1.165, 1.54) is 23.5 Å². The van der Waals surface area contributed by atoms with Crippen molar-refractivity contribution in [2.75, 3.05) is 0 Å². The lowest BCUT2D eigenvalue weighted by molar-refractivity contribution is -0.0583. The zero-order valence-electron chi connectivity index (χ0n) is 11.1. The Morgan fingerprint density at radius 1 is 1.00 bits per heavy atom. The number of amides is 2. The highest BCUT2D eigenvalue weighted by molar-refractivity contribution is 7.16. The van der Waals surface area contributed by atoms with Crippen LogP contribution in [0.3, 0.4) is 0 Å². The molecule has 0 N–H and O–H groups in total. The number of rotatable bonds is 2. The summed E-state index contributed by atoms with van der Waals surface area (Å²) in [5.41, 5.74) is 0.781. The summed E-state index contributed by atoms with van der Waals surface area (Å²) in [6.07, 6.45) is 3.52. The van der Waals surface area contributed by atoms with Gasteiger partial charge in [0.25, 0.3) is 11.8 Å². The van der Waals surface area contributed by atoms with Crippen LogP contribution in [0.2, 0.25) is 0 Å². The van der Waals surface area contributed by atoms with Gasteiger partial charge in [0.2, 0.25) is 0 Å². The van der Waals surface area contributed by atoms with E-state index in [0.717, 1.165) is 0 Å². The average molecular weight is 312 g/mol. The fraction of sp³-hybridized carbons (Fsp3) is 0. The van der Waals surface area contributed by atoms with Crippen molar-refractivity contribution in [1.29, 1.82) is 0 Å². The second kappa shape index (κ2) is 4.54. The molecule has 0 unspecified atom stereocenters. The summed E-state index contributed by atoms with van der Waals surface area (Å²) >= 11 is 1.37. The smallest absolute Gasteiger partial charge is 0.324 e. The molecule has 1 aliphatic rings. The first-order valence-corrected chi connectivity index (χ1v) is 7.29. The molecular formula is C15H8N2O4S. The van der Waals surface area contributed by atoms with Crippen molar-refractivity contribution in [3.8, 4) is 0 Å². The van der Waals surface area contributed by atoms with Crippen molar-refractivity contribution < 1.29 is 19.2 Å².